The van der Waals surface area contributed by atoms with Crippen molar-refractivity contribution in [3.8, 4) is 0 Å². The topological polar surface area (TPSA) is 57.7 Å². The third kappa shape index (κ3) is 4.80. The molecule has 1 saturated heterocycles. The summed E-state index contributed by atoms with van der Waals surface area (Å²) < 4.78 is 26.1. The summed E-state index contributed by atoms with van der Waals surface area (Å²) in [5, 5.41) is 0. The number of carbonyl (C=O) groups excluding carboxylic acids is 1. The van der Waals surface area contributed by atoms with E-state index in [1.165, 1.54) is 0 Å². The van der Waals surface area contributed by atoms with Crippen LogP contribution in [0.2, 0.25) is 0 Å². The summed E-state index contributed by atoms with van der Waals surface area (Å²) in [6.07, 6.45) is 3.06. The van der Waals surface area contributed by atoms with Crippen molar-refractivity contribution in [2.75, 3.05) is 27.2 Å². The number of nitrogens with zero attached hydrogens (tertiary/aromatic N) is 2. The SMILES string of the molecule is CN(C)[C@H]1CCCCN(C(=O)c2ccccc2S(=O)(=O)Cc2ccccc2)C1. The molecule has 0 aliphatic carbocycles. The maximum absolute atomic E-state index is 13.3. The third-order valence-electron chi connectivity index (χ3n) is 5.32. The number of sulfone groups is 1. The molecule has 1 amide bonds. The molecule has 2 aromatic carbocycles. The van der Waals surface area contributed by atoms with Gasteiger partial charge in [-0.15, -0.1) is 0 Å². The quantitative estimate of drug-likeness (QED) is 0.773. The average Bonchev–Trinajstić information content (AvgIpc) is 2.94. The van der Waals surface area contributed by atoms with Crippen molar-refractivity contribution in [1.29, 1.82) is 0 Å². The highest BCUT2D eigenvalue weighted by Crippen LogP contribution is 2.24. The van der Waals surface area contributed by atoms with Gasteiger partial charge in [-0.1, -0.05) is 48.9 Å². The van der Waals surface area contributed by atoms with Crippen molar-refractivity contribution < 1.29 is 13.2 Å². The highest BCUT2D eigenvalue weighted by molar-refractivity contribution is 7.90. The standard InChI is InChI=1S/C22H28N2O3S/c1-23(2)19-12-8-9-15-24(16-19)22(25)20-13-6-7-14-21(20)28(26,27)17-18-10-4-3-5-11-18/h3-7,10-11,13-14,19H,8-9,12,15-17H2,1-2H3/t19-/m0/s1. The molecule has 28 heavy (non-hydrogen) atoms. The number of benzene rings is 2. The van der Waals surface area contributed by atoms with Crippen LogP contribution in [0.3, 0.4) is 0 Å². The van der Waals surface area contributed by atoms with E-state index in [9.17, 15) is 13.2 Å². The Bertz CT molecular complexity index is 910. The second-order valence-electron chi connectivity index (χ2n) is 7.61. The minimum atomic E-state index is -3.62. The number of likely N-dealkylation sites (tertiary alicyclic amines) is 1. The first-order chi connectivity index (χ1) is 13.4. The molecular weight excluding hydrogens is 372 g/mol. The van der Waals surface area contributed by atoms with Gasteiger partial charge < -0.3 is 9.80 Å². The van der Waals surface area contributed by atoms with E-state index in [-0.39, 0.29) is 22.1 Å². The van der Waals surface area contributed by atoms with E-state index < -0.39 is 9.84 Å². The lowest BCUT2D eigenvalue weighted by molar-refractivity contribution is 0.0721. The van der Waals surface area contributed by atoms with E-state index in [0.717, 1.165) is 19.3 Å². The smallest absolute Gasteiger partial charge is 0.255 e. The van der Waals surface area contributed by atoms with Crippen molar-refractivity contribution in [2.45, 2.75) is 36.0 Å². The van der Waals surface area contributed by atoms with Crippen LogP contribution in [-0.4, -0.2) is 57.4 Å². The van der Waals surface area contributed by atoms with Gasteiger partial charge in [0.25, 0.3) is 5.91 Å². The number of carbonyl (C=O) groups is 1. The molecule has 5 nitrogen and oxygen atoms in total. The number of amides is 1. The molecule has 0 bridgehead atoms. The summed E-state index contributed by atoms with van der Waals surface area (Å²) in [7, 11) is 0.425. The van der Waals surface area contributed by atoms with Crippen LogP contribution < -0.4 is 0 Å². The first-order valence-corrected chi connectivity index (χ1v) is 11.3. The van der Waals surface area contributed by atoms with E-state index in [1.54, 1.807) is 36.4 Å². The third-order valence-corrected chi connectivity index (χ3v) is 7.06. The fourth-order valence-corrected chi connectivity index (χ4v) is 5.24. The zero-order valence-corrected chi connectivity index (χ0v) is 17.4. The van der Waals surface area contributed by atoms with Gasteiger partial charge in [-0.3, -0.25) is 4.79 Å². The Morgan fingerprint density at radius 2 is 1.71 bits per heavy atom. The molecule has 1 atom stereocenters. The maximum atomic E-state index is 13.3. The van der Waals surface area contributed by atoms with Crippen molar-refractivity contribution in [3.05, 3.63) is 65.7 Å². The van der Waals surface area contributed by atoms with Crippen LogP contribution in [0, 0.1) is 0 Å². The van der Waals surface area contributed by atoms with Crippen LogP contribution in [0.15, 0.2) is 59.5 Å². The first-order valence-electron chi connectivity index (χ1n) is 9.70. The molecule has 1 aliphatic rings. The van der Waals surface area contributed by atoms with Gasteiger partial charge in [0.05, 0.1) is 16.2 Å². The molecule has 3 rings (SSSR count). The Morgan fingerprint density at radius 3 is 2.43 bits per heavy atom. The molecule has 0 saturated carbocycles. The monoisotopic (exact) mass is 400 g/mol. The molecule has 6 heteroatoms. The molecule has 2 aromatic rings. The van der Waals surface area contributed by atoms with E-state index in [2.05, 4.69) is 4.90 Å². The van der Waals surface area contributed by atoms with Gasteiger partial charge in [-0.05, 0) is 44.6 Å². The molecule has 0 spiro atoms. The Morgan fingerprint density at radius 1 is 1.04 bits per heavy atom. The van der Waals surface area contributed by atoms with Crippen LogP contribution in [-0.2, 0) is 15.6 Å². The number of rotatable bonds is 5. The van der Waals surface area contributed by atoms with Crippen molar-refractivity contribution in [2.24, 2.45) is 0 Å². The van der Waals surface area contributed by atoms with E-state index in [1.807, 2.05) is 37.2 Å². The van der Waals surface area contributed by atoms with Crippen LogP contribution >= 0.6 is 0 Å². The van der Waals surface area contributed by atoms with E-state index in [4.69, 9.17) is 0 Å². The van der Waals surface area contributed by atoms with Crippen molar-refractivity contribution in [3.63, 3.8) is 0 Å². The lowest BCUT2D eigenvalue weighted by atomic mass is 10.1. The Kier molecular flexibility index (Phi) is 6.52. The zero-order valence-electron chi connectivity index (χ0n) is 16.5. The molecule has 1 aliphatic heterocycles. The summed E-state index contributed by atoms with van der Waals surface area (Å²) in [5.41, 5.74) is 0.991. The van der Waals surface area contributed by atoms with Crippen LogP contribution in [0.25, 0.3) is 0 Å². The summed E-state index contributed by atoms with van der Waals surface area (Å²) in [4.78, 5) is 17.4. The van der Waals surface area contributed by atoms with E-state index in [0.29, 0.717) is 24.7 Å². The van der Waals surface area contributed by atoms with Gasteiger partial charge in [0.1, 0.15) is 0 Å². The fourth-order valence-electron chi connectivity index (χ4n) is 3.68. The molecule has 1 fully saturated rings. The van der Waals surface area contributed by atoms with Gasteiger partial charge >= 0.3 is 0 Å². The van der Waals surface area contributed by atoms with Crippen molar-refractivity contribution >= 4 is 15.7 Å². The highest BCUT2D eigenvalue weighted by Gasteiger charge is 2.28. The molecular formula is C22H28N2O3S. The second-order valence-corrected chi connectivity index (χ2v) is 9.56. The summed E-state index contributed by atoms with van der Waals surface area (Å²) >= 11 is 0. The van der Waals surface area contributed by atoms with Crippen LogP contribution in [0.5, 0.6) is 0 Å². The Balaban J connectivity index is 1.90. The molecule has 150 valence electrons. The van der Waals surface area contributed by atoms with Crippen LogP contribution in [0.4, 0.5) is 0 Å². The minimum absolute atomic E-state index is 0.113. The normalized spacial score (nSPS) is 18.1. The van der Waals surface area contributed by atoms with Gasteiger partial charge in [0.2, 0.25) is 0 Å². The summed E-state index contributed by atoms with van der Waals surface area (Å²) in [5.74, 6) is -0.306. The predicted octanol–water partition coefficient (Wildman–Crippen LogP) is 3.22. The molecule has 0 aromatic heterocycles. The lowest BCUT2D eigenvalue weighted by Crippen LogP contribution is -2.42. The minimum Gasteiger partial charge on any atom is -0.337 e. The zero-order chi connectivity index (χ0) is 20.1. The first kappa shape index (κ1) is 20.6. The second kappa shape index (κ2) is 8.88. The van der Waals surface area contributed by atoms with Gasteiger partial charge in [-0.2, -0.15) is 0 Å². The van der Waals surface area contributed by atoms with E-state index >= 15 is 0 Å². The van der Waals surface area contributed by atoms with Gasteiger partial charge in [0, 0.05) is 19.1 Å². The average molecular weight is 401 g/mol. The number of hydrogen-bond acceptors (Lipinski definition) is 4. The van der Waals surface area contributed by atoms with Gasteiger partial charge in [0.15, 0.2) is 9.84 Å². The summed E-state index contributed by atoms with van der Waals surface area (Å²) in [6.45, 7) is 1.29. The number of hydrogen-bond donors (Lipinski definition) is 0. The van der Waals surface area contributed by atoms with Crippen LogP contribution in [0.1, 0.15) is 35.2 Å². The van der Waals surface area contributed by atoms with Gasteiger partial charge in [-0.25, -0.2) is 8.42 Å². The molecule has 0 N–H and O–H groups in total. The maximum Gasteiger partial charge on any atom is 0.255 e. The van der Waals surface area contributed by atoms with Crippen molar-refractivity contribution in [1.82, 2.24) is 9.80 Å². The predicted molar refractivity (Wildman–Crippen MR) is 111 cm³/mol. The highest BCUT2D eigenvalue weighted by atomic mass is 32.2. The Labute approximate surface area is 167 Å². The number of likely N-dealkylation sites (N-methyl/N-ethyl adjacent to an activating group) is 1. The largest absolute Gasteiger partial charge is 0.337 e. The molecule has 0 radical (unpaired) electrons. The Hall–Kier alpha value is -2.18. The molecule has 0 unspecified atom stereocenters. The molecule has 1 heterocycles. The lowest BCUT2D eigenvalue weighted by Gasteiger charge is -2.29. The summed E-state index contributed by atoms with van der Waals surface area (Å²) in [6, 6.07) is 16.0. The fraction of sp³-hybridized carbons (Fsp3) is 0.409.